The molecule has 0 saturated heterocycles. The van der Waals surface area contributed by atoms with Crippen LogP contribution in [0.3, 0.4) is 0 Å². The highest BCUT2D eigenvalue weighted by Gasteiger charge is 2.05. The van der Waals surface area contributed by atoms with E-state index in [1.807, 2.05) is 0 Å². The molecule has 1 heterocycles. The quantitative estimate of drug-likeness (QED) is 0.826. The smallest absolute Gasteiger partial charge is 0.238 e. The molecule has 0 atom stereocenters. The topological polar surface area (TPSA) is 47.0 Å². The molecule has 2 rings (SSSR count). The lowest BCUT2D eigenvalue weighted by Gasteiger charge is -2.07. The Kier molecular flexibility index (Phi) is 4.95. The van der Waals surface area contributed by atoms with Gasteiger partial charge >= 0.3 is 0 Å². The molecule has 0 fully saturated rings. The zero-order chi connectivity index (χ0) is 14.4. The third-order valence-electron chi connectivity index (χ3n) is 2.45. The highest BCUT2D eigenvalue weighted by atomic mass is 19.1. The summed E-state index contributed by atoms with van der Waals surface area (Å²) in [5.74, 6) is -1.15. The fourth-order valence-corrected chi connectivity index (χ4v) is 1.62. The van der Waals surface area contributed by atoms with E-state index in [-0.39, 0.29) is 11.6 Å². The average molecular weight is 279 g/mol. The van der Waals surface area contributed by atoms with Gasteiger partial charge in [0.2, 0.25) is 5.88 Å². The summed E-state index contributed by atoms with van der Waals surface area (Å²) < 4.78 is 31.4. The SMILES string of the molecule is CCCNCc1cncc(Oc2cc(F)cc(F)c2)n1. The minimum atomic E-state index is -0.700. The fourth-order valence-electron chi connectivity index (χ4n) is 1.62. The Labute approximate surface area is 115 Å². The second-order valence-corrected chi connectivity index (χ2v) is 4.23. The van der Waals surface area contributed by atoms with E-state index < -0.39 is 11.6 Å². The minimum absolute atomic E-state index is 0.0514. The number of ether oxygens (including phenoxy) is 1. The minimum Gasteiger partial charge on any atom is -0.437 e. The second kappa shape index (κ2) is 6.91. The summed E-state index contributed by atoms with van der Waals surface area (Å²) in [4.78, 5) is 8.20. The lowest BCUT2D eigenvalue weighted by molar-refractivity contribution is 0.445. The van der Waals surface area contributed by atoms with Gasteiger partial charge in [-0.1, -0.05) is 6.92 Å². The molecule has 1 N–H and O–H groups in total. The van der Waals surface area contributed by atoms with Gasteiger partial charge in [0, 0.05) is 30.9 Å². The number of nitrogens with zero attached hydrogens (tertiary/aromatic N) is 2. The first-order chi connectivity index (χ1) is 9.67. The molecule has 0 aliphatic carbocycles. The largest absolute Gasteiger partial charge is 0.437 e. The van der Waals surface area contributed by atoms with Gasteiger partial charge in [0.05, 0.1) is 11.9 Å². The predicted molar refractivity (Wildman–Crippen MR) is 70.5 cm³/mol. The molecule has 0 aliphatic rings. The first-order valence-electron chi connectivity index (χ1n) is 6.33. The summed E-state index contributed by atoms with van der Waals surface area (Å²) in [6.45, 7) is 3.51. The van der Waals surface area contributed by atoms with Crippen LogP contribution >= 0.6 is 0 Å². The molecule has 6 heteroatoms. The Morgan fingerprint density at radius 3 is 2.60 bits per heavy atom. The summed E-state index contributed by atoms with van der Waals surface area (Å²) in [6.07, 6.45) is 4.03. The highest BCUT2D eigenvalue weighted by molar-refractivity contribution is 5.27. The van der Waals surface area contributed by atoms with Gasteiger partial charge in [-0.2, -0.15) is 0 Å². The van der Waals surface area contributed by atoms with Crippen molar-refractivity contribution in [3.05, 3.63) is 47.9 Å². The Hall–Kier alpha value is -2.08. The van der Waals surface area contributed by atoms with E-state index in [0.29, 0.717) is 12.2 Å². The summed E-state index contributed by atoms with van der Waals surface area (Å²) in [7, 11) is 0. The lowest BCUT2D eigenvalue weighted by Crippen LogP contribution is -2.15. The van der Waals surface area contributed by atoms with E-state index in [0.717, 1.165) is 31.2 Å². The lowest BCUT2D eigenvalue weighted by atomic mass is 10.3. The number of aromatic nitrogens is 2. The number of rotatable bonds is 6. The van der Waals surface area contributed by atoms with Crippen molar-refractivity contribution in [3.8, 4) is 11.6 Å². The number of nitrogens with one attached hydrogen (secondary N) is 1. The zero-order valence-electron chi connectivity index (χ0n) is 11.1. The van der Waals surface area contributed by atoms with Crippen molar-refractivity contribution in [2.45, 2.75) is 19.9 Å². The van der Waals surface area contributed by atoms with E-state index in [1.165, 1.54) is 6.20 Å². The monoisotopic (exact) mass is 279 g/mol. The standard InChI is InChI=1S/C14H15F2N3O/c1-2-3-17-7-12-8-18-9-14(19-12)20-13-5-10(15)4-11(16)6-13/h4-6,8-9,17H,2-3,7H2,1H3. The van der Waals surface area contributed by atoms with Crippen molar-refractivity contribution in [1.82, 2.24) is 15.3 Å². The van der Waals surface area contributed by atoms with Gasteiger partial charge in [0.25, 0.3) is 0 Å². The van der Waals surface area contributed by atoms with E-state index >= 15 is 0 Å². The van der Waals surface area contributed by atoms with Crippen molar-refractivity contribution in [2.24, 2.45) is 0 Å². The van der Waals surface area contributed by atoms with E-state index in [2.05, 4.69) is 22.2 Å². The number of halogens is 2. The van der Waals surface area contributed by atoms with Gasteiger partial charge in [-0.05, 0) is 13.0 Å². The van der Waals surface area contributed by atoms with Gasteiger partial charge in [0.15, 0.2) is 0 Å². The van der Waals surface area contributed by atoms with Crippen LogP contribution in [0.25, 0.3) is 0 Å². The van der Waals surface area contributed by atoms with Gasteiger partial charge in [-0.15, -0.1) is 0 Å². The maximum absolute atomic E-state index is 13.0. The van der Waals surface area contributed by atoms with Crippen LogP contribution in [0.15, 0.2) is 30.6 Å². The molecular formula is C14H15F2N3O. The zero-order valence-corrected chi connectivity index (χ0v) is 11.1. The van der Waals surface area contributed by atoms with E-state index in [9.17, 15) is 8.78 Å². The fraction of sp³-hybridized carbons (Fsp3) is 0.286. The molecule has 0 radical (unpaired) electrons. The molecule has 0 aliphatic heterocycles. The van der Waals surface area contributed by atoms with Crippen LogP contribution in [0.1, 0.15) is 19.0 Å². The maximum Gasteiger partial charge on any atom is 0.238 e. The number of hydrogen-bond acceptors (Lipinski definition) is 4. The predicted octanol–water partition coefficient (Wildman–Crippen LogP) is 3.05. The first kappa shape index (κ1) is 14.3. The molecule has 1 aromatic carbocycles. The summed E-state index contributed by atoms with van der Waals surface area (Å²) in [5, 5.41) is 3.18. The van der Waals surface area contributed by atoms with Crippen LogP contribution in [-0.4, -0.2) is 16.5 Å². The molecule has 1 aromatic heterocycles. The van der Waals surface area contributed by atoms with Gasteiger partial charge < -0.3 is 10.1 Å². The Morgan fingerprint density at radius 1 is 1.15 bits per heavy atom. The average Bonchev–Trinajstić information content (AvgIpc) is 2.38. The van der Waals surface area contributed by atoms with Crippen molar-refractivity contribution in [1.29, 1.82) is 0 Å². The molecule has 0 bridgehead atoms. The molecular weight excluding hydrogens is 264 g/mol. The van der Waals surface area contributed by atoms with Crippen LogP contribution in [-0.2, 0) is 6.54 Å². The van der Waals surface area contributed by atoms with E-state index in [4.69, 9.17) is 4.74 Å². The highest BCUT2D eigenvalue weighted by Crippen LogP contribution is 2.21. The summed E-state index contributed by atoms with van der Waals surface area (Å²) >= 11 is 0. The van der Waals surface area contributed by atoms with Crippen molar-refractivity contribution < 1.29 is 13.5 Å². The Morgan fingerprint density at radius 2 is 1.90 bits per heavy atom. The second-order valence-electron chi connectivity index (χ2n) is 4.23. The molecule has 0 spiro atoms. The van der Waals surface area contributed by atoms with Crippen LogP contribution in [0, 0.1) is 11.6 Å². The van der Waals surface area contributed by atoms with Gasteiger partial charge in [-0.25, -0.2) is 13.8 Å². The van der Waals surface area contributed by atoms with Crippen molar-refractivity contribution >= 4 is 0 Å². The molecule has 0 unspecified atom stereocenters. The third kappa shape index (κ3) is 4.24. The van der Waals surface area contributed by atoms with Gasteiger partial charge in [-0.3, -0.25) is 4.98 Å². The first-order valence-corrected chi connectivity index (χ1v) is 6.33. The maximum atomic E-state index is 13.0. The Balaban J connectivity index is 2.07. The van der Waals surface area contributed by atoms with Crippen LogP contribution in [0.5, 0.6) is 11.6 Å². The molecule has 4 nitrogen and oxygen atoms in total. The molecule has 20 heavy (non-hydrogen) atoms. The molecule has 0 saturated carbocycles. The number of hydrogen-bond donors (Lipinski definition) is 1. The van der Waals surface area contributed by atoms with Crippen LogP contribution in [0.4, 0.5) is 8.78 Å². The summed E-state index contributed by atoms with van der Waals surface area (Å²) in [6, 6.07) is 2.96. The molecule has 0 amide bonds. The normalized spacial score (nSPS) is 10.6. The Bertz CT molecular complexity index is 558. The molecule has 106 valence electrons. The van der Waals surface area contributed by atoms with E-state index in [1.54, 1.807) is 6.20 Å². The van der Waals surface area contributed by atoms with Crippen LogP contribution < -0.4 is 10.1 Å². The van der Waals surface area contributed by atoms with Crippen molar-refractivity contribution in [3.63, 3.8) is 0 Å². The number of benzene rings is 1. The molecule has 2 aromatic rings. The van der Waals surface area contributed by atoms with Crippen LogP contribution in [0.2, 0.25) is 0 Å². The third-order valence-corrected chi connectivity index (χ3v) is 2.45. The van der Waals surface area contributed by atoms with Gasteiger partial charge in [0.1, 0.15) is 17.4 Å². The van der Waals surface area contributed by atoms with Crippen molar-refractivity contribution in [2.75, 3.05) is 6.54 Å². The summed E-state index contributed by atoms with van der Waals surface area (Å²) in [5.41, 5.74) is 0.702.